The van der Waals surface area contributed by atoms with Crippen molar-refractivity contribution in [3.8, 4) is 5.75 Å². The number of ether oxygens (including phenoxy) is 1. The average molecular weight is 290 g/mol. The van der Waals surface area contributed by atoms with Gasteiger partial charge >= 0.3 is 0 Å². The number of hydrogen-bond acceptors (Lipinski definition) is 3. The summed E-state index contributed by atoms with van der Waals surface area (Å²) in [5.74, 6) is 1.80. The third kappa shape index (κ3) is 4.21. The Morgan fingerprint density at radius 3 is 2.38 bits per heavy atom. The number of benzene rings is 1. The quantitative estimate of drug-likeness (QED) is 0.875. The second-order valence-corrected chi connectivity index (χ2v) is 6.62. The van der Waals surface area contributed by atoms with Crippen molar-refractivity contribution in [1.29, 1.82) is 0 Å². The first kappa shape index (κ1) is 16.3. The lowest BCUT2D eigenvalue weighted by Gasteiger charge is -2.44. The molecule has 1 aliphatic heterocycles. The third-order valence-corrected chi connectivity index (χ3v) is 4.81. The van der Waals surface area contributed by atoms with Gasteiger partial charge in [0.15, 0.2) is 0 Å². The van der Waals surface area contributed by atoms with Gasteiger partial charge in [-0.25, -0.2) is 0 Å². The summed E-state index contributed by atoms with van der Waals surface area (Å²) < 4.78 is 5.51. The highest BCUT2D eigenvalue weighted by molar-refractivity contribution is 5.28. The zero-order valence-electron chi connectivity index (χ0n) is 13.8. The minimum absolute atomic E-state index is 0.0628. The summed E-state index contributed by atoms with van der Waals surface area (Å²) in [7, 11) is 0. The topological polar surface area (TPSA) is 38.5 Å². The van der Waals surface area contributed by atoms with Gasteiger partial charge in [0.25, 0.3) is 0 Å². The monoisotopic (exact) mass is 290 g/mol. The number of nitrogens with two attached hydrogens (primary N) is 1. The lowest BCUT2D eigenvalue weighted by molar-refractivity contribution is 0.0708. The molecule has 0 bridgehead atoms. The molecule has 1 unspecified atom stereocenters. The summed E-state index contributed by atoms with van der Waals surface area (Å²) in [4.78, 5) is 2.59. The molecular weight excluding hydrogens is 260 g/mol. The van der Waals surface area contributed by atoms with E-state index in [0.29, 0.717) is 13.2 Å². The van der Waals surface area contributed by atoms with E-state index in [0.717, 1.165) is 18.1 Å². The molecule has 1 aromatic rings. The summed E-state index contributed by atoms with van der Waals surface area (Å²) in [5, 5.41) is 0. The Bertz CT molecular complexity index is 423. The van der Waals surface area contributed by atoms with Crippen molar-refractivity contribution in [3.63, 3.8) is 0 Å². The van der Waals surface area contributed by atoms with Gasteiger partial charge in [-0.05, 0) is 69.8 Å². The highest BCUT2D eigenvalue weighted by atomic mass is 16.5. The second-order valence-electron chi connectivity index (χ2n) is 6.62. The fourth-order valence-electron chi connectivity index (χ4n) is 3.17. The minimum atomic E-state index is 0.0628. The predicted molar refractivity (Wildman–Crippen MR) is 88.7 cm³/mol. The molecule has 0 aromatic heterocycles. The fraction of sp³-hybridized carbons (Fsp3) is 0.667. The minimum Gasteiger partial charge on any atom is -0.494 e. The van der Waals surface area contributed by atoms with E-state index in [4.69, 9.17) is 10.5 Å². The lowest BCUT2D eigenvalue weighted by atomic mass is 9.87. The number of hydrogen-bond donors (Lipinski definition) is 1. The van der Waals surface area contributed by atoms with Crippen molar-refractivity contribution in [1.82, 2.24) is 4.90 Å². The highest BCUT2D eigenvalue weighted by Gasteiger charge is 2.32. The zero-order valence-corrected chi connectivity index (χ0v) is 13.8. The molecule has 1 fully saturated rings. The number of likely N-dealkylation sites (tertiary alicyclic amines) is 1. The molecular formula is C18H30N2O. The van der Waals surface area contributed by atoms with E-state index in [1.807, 2.05) is 6.92 Å². The van der Waals surface area contributed by atoms with Crippen LogP contribution < -0.4 is 10.5 Å². The van der Waals surface area contributed by atoms with Crippen molar-refractivity contribution >= 4 is 0 Å². The Labute approximate surface area is 129 Å². The Hall–Kier alpha value is -1.06. The van der Waals surface area contributed by atoms with Gasteiger partial charge in [-0.2, -0.15) is 0 Å². The molecule has 0 amide bonds. The molecule has 3 heteroatoms. The van der Waals surface area contributed by atoms with Gasteiger partial charge in [0.05, 0.1) is 6.61 Å². The Kier molecular flexibility index (Phi) is 5.65. The van der Waals surface area contributed by atoms with Gasteiger partial charge in [0, 0.05) is 12.1 Å². The van der Waals surface area contributed by atoms with E-state index in [9.17, 15) is 0 Å². The van der Waals surface area contributed by atoms with Crippen LogP contribution in [0.2, 0.25) is 0 Å². The molecule has 2 rings (SSSR count). The van der Waals surface area contributed by atoms with Gasteiger partial charge in [-0.3, -0.25) is 4.90 Å². The van der Waals surface area contributed by atoms with Crippen molar-refractivity contribution in [2.75, 3.05) is 26.2 Å². The van der Waals surface area contributed by atoms with Crippen LogP contribution in [0.5, 0.6) is 5.75 Å². The van der Waals surface area contributed by atoms with Crippen molar-refractivity contribution in [3.05, 3.63) is 29.8 Å². The summed E-state index contributed by atoms with van der Waals surface area (Å²) in [6, 6.07) is 8.47. The molecule has 1 atom stereocenters. The summed E-state index contributed by atoms with van der Waals surface area (Å²) in [5.41, 5.74) is 7.53. The first-order chi connectivity index (χ1) is 10.1. The zero-order chi connectivity index (χ0) is 15.3. The Balaban J connectivity index is 2.03. The molecule has 3 nitrogen and oxygen atoms in total. The molecule has 1 aromatic carbocycles. The van der Waals surface area contributed by atoms with Crippen LogP contribution in [0.3, 0.4) is 0 Å². The molecule has 21 heavy (non-hydrogen) atoms. The van der Waals surface area contributed by atoms with Gasteiger partial charge in [-0.15, -0.1) is 0 Å². The van der Waals surface area contributed by atoms with Gasteiger partial charge in [0.2, 0.25) is 0 Å². The molecule has 0 radical (unpaired) electrons. The number of piperidine rings is 1. The lowest BCUT2D eigenvalue weighted by Crippen LogP contribution is -2.55. The van der Waals surface area contributed by atoms with Crippen molar-refractivity contribution in [2.45, 2.75) is 45.6 Å². The Morgan fingerprint density at radius 2 is 1.86 bits per heavy atom. The average Bonchev–Trinajstić information content (AvgIpc) is 2.50. The number of rotatable bonds is 6. The maximum absolute atomic E-state index is 6.13. The molecule has 0 spiro atoms. The van der Waals surface area contributed by atoms with Crippen LogP contribution in [-0.4, -0.2) is 36.7 Å². The largest absolute Gasteiger partial charge is 0.494 e. The van der Waals surface area contributed by atoms with Gasteiger partial charge < -0.3 is 10.5 Å². The first-order valence-electron chi connectivity index (χ1n) is 8.24. The smallest absolute Gasteiger partial charge is 0.119 e. The third-order valence-electron chi connectivity index (χ3n) is 4.81. The normalized spacial score (nSPS) is 20.2. The van der Waals surface area contributed by atoms with Crippen molar-refractivity contribution in [2.24, 2.45) is 11.7 Å². The van der Waals surface area contributed by atoms with Crippen LogP contribution in [0.1, 0.15) is 39.2 Å². The predicted octanol–water partition coefficient (Wildman–Crippen LogP) is 3.08. The highest BCUT2D eigenvalue weighted by Crippen LogP contribution is 2.27. The molecule has 2 N–H and O–H groups in total. The standard InChI is InChI=1S/C18H30N2O/c1-4-21-17-7-5-16(6-8-17)13-18(3,14-19)20-11-9-15(2)10-12-20/h5-8,15H,4,9-14,19H2,1-3H3. The molecule has 1 heterocycles. The summed E-state index contributed by atoms with van der Waals surface area (Å²) in [6.45, 7) is 10.4. The van der Waals surface area contributed by atoms with Crippen LogP contribution in [0.15, 0.2) is 24.3 Å². The molecule has 1 saturated heterocycles. The molecule has 0 saturated carbocycles. The fourth-order valence-corrected chi connectivity index (χ4v) is 3.17. The molecule has 1 aliphatic rings. The van der Waals surface area contributed by atoms with Crippen LogP contribution in [0, 0.1) is 5.92 Å². The Morgan fingerprint density at radius 1 is 1.24 bits per heavy atom. The first-order valence-corrected chi connectivity index (χ1v) is 8.24. The maximum Gasteiger partial charge on any atom is 0.119 e. The SMILES string of the molecule is CCOc1ccc(CC(C)(CN)N2CCC(C)CC2)cc1. The van der Waals surface area contributed by atoms with E-state index in [2.05, 4.69) is 43.0 Å². The van der Waals surface area contributed by atoms with Crippen molar-refractivity contribution < 1.29 is 4.74 Å². The maximum atomic E-state index is 6.13. The molecule has 118 valence electrons. The van der Waals surface area contributed by atoms with E-state index < -0.39 is 0 Å². The van der Waals surface area contributed by atoms with E-state index >= 15 is 0 Å². The van der Waals surface area contributed by atoms with Gasteiger partial charge in [0.1, 0.15) is 5.75 Å². The number of nitrogens with zero attached hydrogens (tertiary/aromatic N) is 1. The van der Waals surface area contributed by atoms with Gasteiger partial charge in [-0.1, -0.05) is 19.1 Å². The van der Waals surface area contributed by atoms with Crippen LogP contribution in [0.25, 0.3) is 0 Å². The van der Waals surface area contributed by atoms with E-state index in [1.165, 1.54) is 31.5 Å². The van der Waals surface area contributed by atoms with Crippen LogP contribution in [-0.2, 0) is 6.42 Å². The molecule has 0 aliphatic carbocycles. The van der Waals surface area contributed by atoms with Crippen LogP contribution >= 0.6 is 0 Å². The van der Waals surface area contributed by atoms with E-state index in [-0.39, 0.29) is 5.54 Å². The second kappa shape index (κ2) is 7.28. The summed E-state index contributed by atoms with van der Waals surface area (Å²) in [6.07, 6.45) is 3.59. The van der Waals surface area contributed by atoms with E-state index in [1.54, 1.807) is 0 Å². The van der Waals surface area contributed by atoms with Crippen LogP contribution in [0.4, 0.5) is 0 Å². The summed E-state index contributed by atoms with van der Waals surface area (Å²) >= 11 is 0.